The number of rotatable bonds is 3. The Morgan fingerprint density at radius 3 is 2.50 bits per heavy atom. The van der Waals surface area contributed by atoms with E-state index in [1.54, 1.807) is 0 Å². The van der Waals surface area contributed by atoms with E-state index in [0.29, 0.717) is 6.42 Å². The summed E-state index contributed by atoms with van der Waals surface area (Å²) < 4.78 is 11.2. The van der Waals surface area contributed by atoms with Gasteiger partial charge in [0, 0.05) is 18.9 Å². The van der Waals surface area contributed by atoms with E-state index in [1.165, 1.54) is 0 Å². The first-order valence-electron chi connectivity index (χ1n) is 5.06. The normalized spacial score (nSPS) is 34.1. The van der Waals surface area contributed by atoms with E-state index >= 15 is 0 Å². The minimum Gasteiger partial charge on any atom is -0.396 e. The molecule has 0 unspecified atom stereocenters. The first-order chi connectivity index (χ1) is 6.48. The Kier molecular flexibility index (Phi) is 3.89. The molecule has 1 saturated heterocycles. The Morgan fingerprint density at radius 1 is 1.36 bits per heavy atom. The molecule has 0 saturated carbocycles. The molecule has 0 aliphatic carbocycles. The quantitative estimate of drug-likeness (QED) is 0.703. The lowest BCUT2D eigenvalue weighted by atomic mass is 9.98. The molecular formula is C10H20O4. The highest BCUT2D eigenvalue weighted by molar-refractivity contribution is 4.79. The van der Waals surface area contributed by atoms with E-state index in [0.717, 1.165) is 0 Å². The summed E-state index contributed by atoms with van der Waals surface area (Å²) in [5, 5.41) is 18.1. The Balaban J connectivity index is 2.60. The fraction of sp³-hybridized carbons (Fsp3) is 1.00. The largest absolute Gasteiger partial charge is 0.396 e. The highest BCUT2D eigenvalue weighted by atomic mass is 16.7. The molecule has 2 N–H and O–H groups in total. The smallest absolute Gasteiger partial charge is 0.163 e. The molecule has 0 bridgehead atoms. The van der Waals surface area contributed by atoms with Crippen LogP contribution >= 0.6 is 0 Å². The van der Waals surface area contributed by atoms with E-state index in [1.807, 2.05) is 20.8 Å². The summed E-state index contributed by atoms with van der Waals surface area (Å²) in [5.41, 5.74) is 0. The molecular weight excluding hydrogens is 184 g/mol. The van der Waals surface area contributed by atoms with E-state index in [9.17, 15) is 0 Å². The molecule has 4 nitrogen and oxygen atoms in total. The fourth-order valence-electron chi connectivity index (χ4n) is 1.73. The molecule has 0 aromatic heterocycles. The van der Waals surface area contributed by atoms with Gasteiger partial charge in [-0.25, -0.2) is 0 Å². The molecule has 1 aliphatic rings. The zero-order chi connectivity index (χ0) is 10.8. The molecule has 4 heteroatoms. The van der Waals surface area contributed by atoms with Crippen LogP contribution in [0.5, 0.6) is 0 Å². The summed E-state index contributed by atoms with van der Waals surface area (Å²) in [7, 11) is 0. The monoisotopic (exact) mass is 204 g/mol. The minimum atomic E-state index is -0.667. The first kappa shape index (κ1) is 11.9. The molecule has 1 rings (SSSR count). The van der Waals surface area contributed by atoms with Crippen LogP contribution in [0.15, 0.2) is 0 Å². The lowest BCUT2D eigenvalue weighted by Crippen LogP contribution is -2.48. The van der Waals surface area contributed by atoms with Crippen molar-refractivity contribution in [3.63, 3.8) is 0 Å². The van der Waals surface area contributed by atoms with Gasteiger partial charge in [-0.05, 0) is 13.8 Å². The Hall–Kier alpha value is -0.160. The predicted octanol–water partition coefficient (Wildman–Crippen LogP) is 0.517. The third-order valence-corrected chi connectivity index (χ3v) is 2.51. The average Bonchev–Trinajstić information content (AvgIpc) is 2.14. The molecule has 14 heavy (non-hydrogen) atoms. The van der Waals surface area contributed by atoms with Crippen molar-refractivity contribution in [2.24, 2.45) is 5.92 Å². The number of aliphatic hydroxyl groups is 2. The summed E-state index contributed by atoms with van der Waals surface area (Å²) in [5.74, 6) is -0.591. The van der Waals surface area contributed by atoms with Gasteiger partial charge in [-0.1, -0.05) is 6.92 Å². The van der Waals surface area contributed by atoms with Crippen LogP contribution in [0.25, 0.3) is 0 Å². The molecule has 0 spiro atoms. The van der Waals surface area contributed by atoms with Crippen LogP contribution < -0.4 is 0 Å². The summed E-state index contributed by atoms with van der Waals surface area (Å²) in [6.07, 6.45) is 0.417. The standard InChI is InChI=1S/C10H20O4/c1-7(5-11)9-4-8(6-12)13-10(2,3)14-9/h7-9,11-12H,4-6H2,1-3H3/t7-,8-,9+/m1/s1. The van der Waals surface area contributed by atoms with Crippen LogP contribution in [0.1, 0.15) is 27.2 Å². The van der Waals surface area contributed by atoms with Crippen LogP contribution in [0.2, 0.25) is 0 Å². The number of hydrogen-bond acceptors (Lipinski definition) is 4. The van der Waals surface area contributed by atoms with Gasteiger partial charge in [-0.2, -0.15) is 0 Å². The maximum absolute atomic E-state index is 9.05. The van der Waals surface area contributed by atoms with E-state index in [-0.39, 0.29) is 31.3 Å². The zero-order valence-corrected chi connectivity index (χ0v) is 9.06. The molecule has 0 radical (unpaired) electrons. The van der Waals surface area contributed by atoms with Gasteiger partial charge in [-0.3, -0.25) is 0 Å². The Morgan fingerprint density at radius 2 is 2.00 bits per heavy atom. The molecule has 0 aromatic carbocycles. The van der Waals surface area contributed by atoms with Crippen molar-refractivity contribution in [1.29, 1.82) is 0 Å². The lowest BCUT2D eigenvalue weighted by Gasteiger charge is -2.42. The van der Waals surface area contributed by atoms with Crippen molar-refractivity contribution in [2.75, 3.05) is 13.2 Å². The number of aliphatic hydroxyl groups excluding tert-OH is 2. The van der Waals surface area contributed by atoms with Crippen LogP contribution in [0, 0.1) is 5.92 Å². The summed E-state index contributed by atoms with van der Waals surface area (Å²) >= 11 is 0. The lowest BCUT2D eigenvalue weighted by molar-refractivity contribution is -0.312. The third-order valence-electron chi connectivity index (χ3n) is 2.51. The highest BCUT2D eigenvalue weighted by Gasteiger charge is 2.37. The van der Waals surface area contributed by atoms with Crippen molar-refractivity contribution >= 4 is 0 Å². The molecule has 84 valence electrons. The van der Waals surface area contributed by atoms with Crippen molar-refractivity contribution in [3.8, 4) is 0 Å². The van der Waals surface area contributed by atoms with Gasteiger partial charge in [0.25, 0.3) is 0 Å². The van der Waals surface area contributed by atoms with Crippen molar-refractivity contribution < 1.29 is 19.7 Å². The maximum Gasteiger partial charge on any atom is 0.163 e. The second kappa shape index (κ2) is 4.57. The molecule has 1 aliphatic heterocycles. The van der Waals surface area contributed by atoms with Gasteiger partial charge in [0.05, 0.1) is 18.8 Å². The van der Waals surface area contributed by atoms with Gasteiger partial charge in [-0.15, -0.1) is 0 Å². The SMILES string of the molecule is C[C@H](CO)[C@@H]1C[C@H](CO)OC(C)(C)O1. The maximum atomic E-state index is 9.05. The number of hydrogen-bond donors (Lipinski definition) is 2. The molecule has 3 atom stereocenters. The summed E-state index contributed by atoms with van der Waals surface area (Å²) in [4.78, 5) is 0. The van der Waals surface area contributed by atoms with Gasteiger partial charge in [0.15, 0.2) is 5.79 Å². The summed E-state index contributed by atoms with van der Waals surface area (Å²) in [6.45, 7) is 5.68. The van der Waals surface area contributed by atoms with Gasteiger partial charge < -0.3 is 19.7 Å². The predicted molar refractivity (Wildman–Crippen MR) is 51.8 cm³/mol. The van der Waals surface area contributed by atoms with Crippen molar-refractivity contribution in [1.82, 2.24) is 0 Å². The molecule has 0 aromatic rings. The molecule has 1 fully saturated rings. The van der Waals surface area contributed by atoms with Gasteiger partial charge >= 0.3 is 0 Å². The minimum absolute atomic E-state index is 0.00143. The van der Waals surface area contributed by atoms with Crippen molar-refractivity contribution in [3.05, 3.63) is 0 Å². The van der Waals surface area contributed by atoms with Crippen LogP contribution in [-0.4, -0.2) is 41.4 Å². The van der Waals surface area contributed by atoms with Crippen LogP contribution in [0.4, 0.5) is 0 Å². The van der Waals surface area contributed by atoms with Gasteiger partial charge in [0.1, 0.15) is 0 Å². The van der Waals surface area contributed by atoms with Crippen LogP contribution in [-0.2, 0) is 9.47 Å². The highest BCUT2D eigenvalue weighted by Crippen LogP contribution is 2.29. The summed E-state index contributed by atoms with van der Waals surface area (Å²) in [6, 6.07) is 0. The number of ether oxygens (including phenoxy) is 2. The second-order valence-corrected chi connectivity index (χ2v) is 4.37. The topological polar surface area (TPSA) is 58.9 Å². The molecule has 1 heterocycles. The average molecular weight is 204 g/mol. The first-order valence-corrected chi connectivity index (χ1v) is 5.06. The Labute approximate surface area is 84.8 Å². The second-order valence-electron chi connectivity index (χ2n) is 4.37. The van der Waals surface area contributed by atoms with Gasteiger partial charge in [0.2, 0.25) is 0 Å². The third kappa shape index (κ3) is 2.92. The van der Waals surface area contributed by atoms with Crippen LogP contribution in [0.3, 0.4) is 0 Å². The fourth-order valence-corrected chi connectivity index (χ4v) is 1.73. The zero-order valence-electron chi connectivity index (χ0n) is 9.06. The van der Waals surface area contributed by atoms with E-state index < -0.39 is 5.79 Å². The van der Waals surface area contributed by atoms with E-state index in [2.05, 4.69) is 0 Å². The molecule has 0 amide bonds. The van der Waals surface area contributed by atoms with Crippen molar-refractivity contribution in [2.45, 2.75) is 45.2 Å². The Bertz CT molecular complexity index is 181. The van der Waals surface area contributed by atoms with E-state index in [4.69, 9.17) is 19.7 Å².